The van der Waals surface area contributed by atoms with Crippen LogP contribution in [0.4, 0.5) is 0 Å². The predicted molar refractivity (Wildman–Crippen MR) is 58.3 cm³/mol. The van der Waals surface area contributed by atoms with E-state index in [1.165, 1.54) is 0 Å². The van der Waals surface area contributed by atoms with Crippen molar-refractivity contribution < 1.29 is 14.5 Å². The molecule has 0 aliphatic heterocycles. The number of rotatable bonds is 4. The van der Waals surface area contributed by atoms with Crippen molar-refractivity contribution in [2.24, 2.45) is 0 Å². The Morgan fingerprint density at radius 2 is 2.06 bits per heavy atom. The minimum atomic E-state index is -0.160. The monoisotopic (exact) mass is 235 g/mol. The zero-order chi connectivity index (χ0) is 12.3. The maximum absolute atomic E-state index is 9.17. The molecular formula is C11H13N3O3. The summed E-state index contributed by atoms with van der Waals surface area (Å²) in [6.07, 6.45) is 0. The largest absolute Gasteiger partial charge is 0.485 e. The average Bonchev–Trinajstić information content (AvgIpc) is 2.73. The van der Waals surface area contributed by atoms with Gasteiger partial charge < -0.3 is 9.84 Å². The van der Waals surface area contributed by atoms with Gasteiger partial charge in [-0.1, -0.05) is 10.3 Å². The normalized spacial score (nSPS) is 10.5. The smallest absolute Gasteiger partial charge is 0.145 e. The van der Waals surface area contributed by atoms with Crippen LogP contribution in [0.2, 0.25) is 0 Å². The van der Waals surface area contributed by atoms with Gasteiger partial charge in [0, 0.05) is 5.69 Å². The van der Waals surface area contributed by atoms with Crippen molar-refractivity contribution in [1.29, 1.82) is 0 Å². The lowest BCUT2D eigenvalue weighted by Crippen LogP contribution is -2.02. The molecule has 0 aromatic carbocycles. The molecule has 0 unspecified atom stereocenters. The summed E-state index contributed by atoms with van der Waals surface area (Å²) in [6, 6.07) is 3.60. The SMILES string of the molecule is Cc1ccc(OCc2nonc2C)c(CO)n1. The van der Waals surface area contributed by atoms with Crippen LogP contribution < -0.4 is 4.74 Å². The lowest BCUT2D eigenvalue weighted by atomic mass is 10.3. The first kappa shape index (κ1) is 11.5. The van der Waals surface area contributed by atoms with Crippen molar-refractivity contribution in [2.45, 2.75) is 27.1 Å². The molecule has 0 aliphatic carbocycles. The second-order valence-corrected chi connectivity index (χ2v) is 3.64. The summed E-state index contributed by atoms with van der Waals surface area (Å²) in [5.74, 6) is 0.542. The van der Waals surface area contributed by atoms with Gasteiger partial charge in [0.25, 0.3) is 0 Å². The van der Waals surface area contributed by atoms with Crippen LogP contribution in [0.5, 0.6) is 5.75 Å². The number of pyridine rings is 1. The molecule has 1 N–H and O–H groups in total. The second-order valence-electron chi connectivity index (χ2n) is 3.64. The van der Waals surface area contributed by atoms with Gasteiger partial charge in [0.05, 0.1) is 6.61 Å². The summed E-state index contributed by atoms with van der Waals surface area (Å²) >= 11 is 0. The number of nitrogens with zero attached hydrogens (tertiary/aromatic N) is 3. The van der Waals surface area contributed by atoms with E-state index in [0.29, 0.717) is 22.8 Å². The summed E-state index contributed by atoms with van der Waals surface area (Å²) < 4.78 is 10.1. The van der Waals surface area contributed by atoms with Gasteiger partial charge in [0.15, 0.2) is 0 Å². The van der Waals surface area contributed by atoms with E-state index in [1.54, 1.807) is 13.0 Å². The Morgan fingerprint density at radius 1 is 1.24 bits per heavy atom. The van der Waals surface area contributed by atoms with Crippen molar-refractivity contribution in [2.75, 3.05) is 0 Å². The Balaban J connectivity index is 2.11. The van der Waals surface area contributed by atoms with Crippen LogP contribution in [0.15, 0.2) is 16.8 Å². The van der Waals surface area contributed by atoms with E-state index in [2.05, 4.69) is 19.9 Å². The third-order valence-corrected chi connectivity index (χ3v) is 2.33. The minimum Gasteiger partial charge on any atom is -0.485 e. The van der Waals surface area contributed by atoms with E-state index in [1.807, 2.05) is 13.0 Å². The van der Waals surface area contributed by atoms with E-state index in [9.17, 15) is 0 Å². The molecule has 0 atom stereocenters. The van der Waals surface area contributed by atoms with Gasteiger partial charge in [-0.15, -0.1) is 0 Å². The van der Waals surface area contributed by atoms with Crippen LogP contribution >= 0.6 is 0 Å². The standard InChI is InChI=1S/C11H13N3O3/c1-7-3-4-11(9(5-15)12-7)16-6-10-8(2)13-17-14-10/h3-4,15H,5-6H2,1-2H3. The molecule has 6 heteroatoms. The summed E-state index contributed by atoms with van der Waals surface area (Å²) in [5, 5.41) is 16.5. The molecule has 0 amide bonds. The fraction of sp³-hybridized carbons (Fsp3) is 0.364. The van der Waals surface area contributed by atoms with Crippen LogP contribution in [0.25, 0.3) is 0 Å². The Morgan fingerprint density at radius 3 is 2.71 bits per heavy atom. The molecule has 6 nitrogen and oxygen atoms in total. The molecule has 17 heavy (non-hydrogen) atoms. The zero-order valence-corrected chi connectivity index (χ0v) is 9.67. The third-order valence-electron chi connectivity index (χ3n) is 2.33. The molecule has 0 bridgehead atoms. The van der Waals surface area contributed by atoms with Crippen LogP contribution in [-0.2, 0) is 13.2 Å². The Hall–Kier alpha value is -1.95. The highest BCUT2D eigenvalue weighted by atomic mass is 16.6. The van der Waals surface area contributed by atoms with Gasteiger partial charge in [-0.25, -0.2) is 4.63 Å². The van der Waals surface area contributed by atoms with Crippen LogP contribution in [-0.4, -0.2) is 20.4 Å². The maximum Gasteiger partial charge on any atom is 0.145 e. The highest BCUT2D eigenvalue weighted by molar-refractivity contribution is 5.28. The number of aliphatic hydroxyl groups is 1. The van der Waals surface area contributed by atoms with Gasteiger partial charge >= 0.3 is 0 Å². The molecule has 2 aromatic heterocycles. The van der Waals surface area contributed by atoms with Crippen molar-refractivity contribution in [3.8, 4) is 5.75 Å². The lowest BCUT2D eigenvalue weighted by molar-refractivity contribution is 0.245. The van der Waals surface area contributed by atoms with Crippen LogP contribution in [0.3, 0.4) is 0 Å². The molecular weight excluding hydrogens is 222 g/mol. The number of hydrogen-bond donors (Lipinski definition) is 1. The molecule has 0 spiro atoms. The van der Waals surface area contributed by atoms with Crippen LogP contribution in [0.1, 0.15) is 22.8 Å². The molecule has 0 saturated heterocycles. The molecule has 2 heterocycles. The number of aryl methyl sites for hydroxylation is 2. The van der Waals surface area contributed by atoms with Crippen molar-refractivity contribution in [3.63, 3.8) is 0 Å². The fourth-order valence-electron chi connectivity index (χ4n) is 1.37. The summed E-state index contributed by atoms with van der Waals surface area (Å²) in [7, 11) is 0. The summed E-state index contributed by atoms with van der Waals surface area (Å²) in [4.78, 5) is 4.18. The molecule has 2 rings (SSSR count). The van der Waals surface area contributed by atoms with E-state index < -0.39 is 0 Å². The third kappa shape index (κ3) is 2.59. The molecule has 0 radical (unpaired) electrons. The molecule has 0 fully saturated rings. The Bertz CT molecular complexity index is 510. The van der Waals surface area contributed by atoms with E-state index in [4.69, 9.17) is 9.84 Å². The predicted octanol–water partition coefficient (Wildman–Crippen LogP) is 1.15. The van der Waals surface area contributed by atoms with Crippen molar-refractivity contribution in [1.82, 2.24) is 15.3 Å². The van der Waals surface area contributed by atoms with Gasteiger partial charge in [-0.05, 0) is 26.0 Å². The van der Waals surface area contributed by atoms with E-state index >= 15 is 0 Å². The van der Waals surface area contributed by atoms with E-state index in [-0.39, 0.29) is 13.2 Å². The summed E-state index contributed by atoms with van der Waals surface area (Å²) in [6.45, 7) is 3.73. The fourth-order valence-corrected chi connectivity index (χ4v) is 1.37. The van der Waals surface area contributed by atoms with Crippen molar-refractivity contribution >= 4 is 0 Å². The second kappa shape index (κ2) is 4.92. The topological polar surface area (TPSA) is 81.3 Å². The highest BCUT2D eigenvalue weighted by Gasteiger charge is 2.09. The molecule has 90 valence electrons. The number of aromatic nitrogens is 3. The van der Waals surface area contributed by atoms with Crippen LogP contribution in [0, 0.1) is 13.8 Å². The molecule has 2 aromatic rings. The highest BCUT2D eigenvalue weighted by Crippen LogP contribution is 2.18. The zero-order valence-electron chi connectivity index (χ0n) is 9.67. The van der Waals surface area contributed by atoms with Gasteiger partial charge in [0.2, 0.25) is 0 Å². The Labute approximate surface area is 98.2 Å². The number of aliphatic hydroxyl groups excluding tert-OH is 1. The number of hydrogen-bond acceptors (Lipinski definition) is 6. The first-order valence-corrected chi connectivity index (χ1v) is 5.19. The van der Waals surface area contributed by atoms with Gasteiger partial charge in [0.1, 0.15) is 29.4 Å². The quantitative estimate of drug-likeness (QED) is 0.856. The Kier molecular flexibility index (Phi) is 3.34. The minimum absolute atomic E-state index is 0.160. The first-order valence-electron chi connectivity index (χ1n) is 5.19. The van der Waals surface area contributed by atoms with Gasteiger partial charge in [-0.3, -0.25) is 4.98 Å². The van der Waals surface area contributed by atoms with Crippen molar-refractivity contribution in [3.05, 3.63) is 34.9 Å². The van der Waals surface area contributed by atoms with Gasteiger partial charge in [-0.2, -0.15) is 0 Å². The first-order chi connectivity index (χ1) is 8.20. The maximum atomic E-state index is 9.17. The average molecular weight is 235 g/mol. The lowest BCUT2D eigenvalue weighted by Gasteiger charge is -2.08. The summed E-state index contributed by atoms with van der Waals surface area (Å²) in [5.41, 5.74) is 2.67. The number of ether oxygens (including phenoxy) is 1. The van der Waals surface area contributed by atoms with E-state index in [0.717, 1.165) is 5.69 Å². The molecule has 0 saturated carbocycles. The molecule has 0 aliphatic rings.